The molecule has 0 heterocycles. The number of nitrogens with one attached hydrogen (secondary N) is 2. The van der Waals surface area contributed by atoms with E-state index in [2.05, 4.69) is 26.6 Å². The molecule has 1 aromatic carbocycles. The number of carbonyl (C=O) groups excluding carboxylic acids is 1. The summed E-state index contributed by atoms with van der Waals surface area (Å²) in [6, 6.07) is 9.42. The molecule has 0 aromatic heterocycles. The van der Waals surface area contributed by atoms with Crippen LogP contribution in [0, 0.1) is 11.3 Å². The number of rotatable bonds is 5. The van der Waals surface area contributed by atoms with Gasteiger partial charge in [0.05, 0.1) is 5.69 Å². The zero-order valence-electron chi connectivity index (χ0n) is 10.9. The van der Waals surface area contributed by atoms with Crippen molar-refractivity contribution in [2.45, 2.75) is 26.3 Å². The number of hydrogen-bond acceptors (Lipinski definition) is 3. The van der Waals surface area contributed by atoms with E-state index < -0.39 is 0 Å². The van der Waals surface area contributed by atoms with Gasteiger partial charge in [0.15, 0.2) is 0 Å². The monoisotopic (exact) mass is 321 g/mol. The summed E-state index contributed by atoms with van der Waals surface area (Å²) in [6.07, 6.45) is 2.24. The van der Waals surface area contributed by atoms with Crippen molar-refractivity contribution in [1.82, 2.24) is 5.32 Å². The second-order valence-corrected chi connectivity index (χ2v) is 4.93. The van der Waals surface area contributed by atoms with E-state index >= 15 is 0 Å². The molecule has 100 valence electrons. The molecule has 0 radical (unpaired) electrons. The fourth-order valence-corrected chi connectivity index (χ4v) is 1.68. The summed E-state index contributed by atoms with van der Waals surface area (Å²) in [5.74, 6) is -0.364. The Kier molecular flexibility index (Phi) is 6.10. The van der Waals surface area contributed by atoms with Crippen LogP contribution in [0.3, 0.4) is 0 Å². The van der Waals surface area contributed by atoms with Crippen LogP contribution in [0.2, 0.25) is 0 Å². The summed E-state index contributed by atoms with van der Waals surface area (Å²) in [4.78, 5) is 11.8. The van der Waals surface area contributed by atoms with Gasteiger partial charge in [-0.05, 0) is 41.4 Å². The largest absolute Gasteiger partial charge is 0.359 e. The molecule has 0 fully saturated rings. The van der Waals surface area contributed by atoms with E-state index in [-0.39, 0.29) is 17.5 Å². The molecule has 0 spiro atoms. The Morgan fingerprint density at radius 2 is 2.21 bits per heavy atom. The van der Waals surface area contributed by atoms with Crippen molar-refractivity contribution in [3.05, 3.63) is 40.5 Å². The number of benzene rings is 1. The Balaban J connectivity index is 2.76. The average molecular weight is 322 g/mol. The van der Waals surface area contributed by atoms with E-state index in [1.807, 2.05) is 44.2 Å². The Labute approximate surface area is 121 Å². The molecule has 4 nitrogen and oxygen atoms in total. The highest BCUT2D eigenvalue weighted by Gasteiger charge is 2.11. The lowest BCUT2D eigenvalue weighted by Crippen LogP contribution is -2.33. The van der Waals surface area contributed by atoms with Crippen LogP contribution in [-0.4, -0.2) is 11.9 Å². The highest BCUT2D eigenvalue weighted by Crippen LogP contribution is 2.21. The highest BCUT2D eigenvalue weighted by atomic mass is 79.9. The molecule has 0 saturated heterocycles. The first-order valence-corrected chi connectivity index (χ1v) is 6.80. The Bertz CT molecular complexity index is 520. The SMILES string of the molecule is CCC(C)NC(=O)/C(C#N)=C\Nc1ccccc1Br. The molecule has 5 heteroatoms. The topological polar surface area (TPSA) is 64.9 Å². The minimum Gasteiger partial charge on any atom is -0.359 e. The zero-order valence-corrected chi connectivity index (χ0v) is 12.5. The van der Waals surface area contributed by atoms with E-state index in [0.29, 0.717) is 0 Å². The van der Waals surface area contributed by atoms with Crippen molar-refractivity contribution in [3.8, 4) is 6.07 Å². The molecular weight excluding hydrogens is 306 g/mol. The minimum atomic E-state index is -0.364. The molecule has 0 aliphatic carbocycles. The predicted octanol–water partition coefficient (Wildman–Crippen LogP) is 3.18. The number of carbonyl (C=O) groups is 1. The number of anilines is 1. The van der Waals surface area contributed by atoms with Crippen LogP contribution in [0.25, 0.3) is 0 Å². The number of halogens is 1. The number of nitriles is 1. The molecule has 0 aliphatic heterocycles. The lowest BCUT2D eigenvalue weighted by molar-refractivity contribution is -0.117. The molecule has 0 bridgehead atoms. The lowest BCUT2D eigenvalue weighted by Gasteiger charge is -2.10. The van der Waals surface area contributed by atoms with E-state index in [9.17, 15) is 4.79 Å². The molecule has 0 aliphatic rings. The maximum atomic E-state index is 11.8. The minimum absolute atomic E-state index is 0.0488. The van der Waals surface area contributed by atoms with E-state index in [1.165, 1.54) is 6.20 Å². The van der Waals surface area contributed by atoms with Gasteiger partial charge in [0.25, 0.3) is 5.91 Å². The van der Waals surface area contributed by atoms with Gasteiger partial charge in [0.1, 0.15) is 11.6 Å². The fourth-order valence-electron chi connectivity index (χ4n) is 1.28. The van der Waals surface area contributed by atoms with Crippen LogP contribution in [0.15, 0.2) is 40.5 Å². The summed E-state index contributed by atoms with van der Waals surface area (Å²) >= 11 is 3.38. The maximum absolute atomic E-state index is 11.8. The maximum Gasteiger partial charge on any atom is 0.263 e. The Morgan fingerprint density at radius 3 is 2.79 bits per heavy atom. The first-order chi connectivity index (χ1) is 9.08. The number of nitrogens with zero attached hydrogens (tertiary/aromatic N) is 1. The quantitative estimate of drug-likeness (QED) is 0.646. The first-order valence-electron chi connectivity index (χ1n) is 6.00. The third-order valence-electron chi connectivity index (χ3n) is 2.60. The normalized spacial score (nSPS) is 12.4. The van der Waals surface area contributed by atoms with Crippen LogP contribution < -0.4 is 10.6 Å². The van der Waals surface area contributed by atoms with Crippen molar-refractivity contribution in [1.29, 1.82) is 5.26 Å². The summed E-state index contributed by atoms with van der Waals surface area (Å²) in [5, 5.41) is 14.7. The van der Waals surface area contributed by atoms with Gasteiger partial charge in [0.2, 0.25) is 0 Å². The molecule has 1 amide bonds. The van der Waals surface area contributed by atoms with Gasteiger partial charge in [-0.3, -0.25) is 4.79 Å². The number of hydrogen-bond donors (Lipinski definition) is 2. The van der Waals surface area contributed by atoms with Crippen molar-refractivity contribution in [2.24, 2.45) is 0 Å². The van der Waals surface area contributed by atoms with Gasteiger partial charge < -0.3 is 10.6 Å². The predicted molar refractivity (Wildman–Crippen MR) is 79.4 cm³/mol. The summed E-state index contributed by atoms with van der Waals surface area (Å²) in [7, 11) is 0. The van der Waals surface area contributed by atoms with Gasteiger partial charge in [-0.1, -0.05) is 19.1 Å². The first kappa shape index (κ1) is 15.3. The number of amides is 1. The molecule has 2 N–H and O–H groups in total. The number of para-hydroxylation sites is 1. The Morgan fingerprint density at radius 1 is 1.53 bits per heavy atom. The van der Waals surface area contributed by atoms with Gasteiger partial charge in [-0.2, -0.15) is 5.26 Å². The molecule has 0 saturated carbocycles. The summed E-state index contributed by atoms with van der Waals surface area (Å²) < 4.78 is 0.867. The van der Waals surface area contributed by atoms with Crippen LogP contribution in [0.5, 0.6) is 0 Å². The van der Waals surface area contributed by atoms with Crippen LogP contribution in [0.4, 0.5) is 5.69 Å². The molecule has 1 atom stereocenters. The molecule has 1 unspecified atom stereocenters. The molecular formula is C14H16BrN3O. The smallest absolute Gasteiger partial charge is 0.263 e. The third kappa shape index (κ3) is 4.76. The Hall–Kier alpha value is -1.80. The fraction of sp³-hybridized carbons (Fsp3) is 0.286. The van der Waals surface area contributed by atoms with Crippen LogP contribution >= 0.6 is 15.9 Å². The zero-order chi connectivity index (χ0) is 14.3. The lowest BCUT2D eigenvalue weighted by atomic mass is 10.2. The van der Waals surface area contributed by atoms with Gasteiger partial charge in [-0.25, -0.2) is 0 Å². The van der Waals surface area contributed by atoms with Crippen molar-refractivity contribution < 1.29 is 4.79 Å². The highest BCUT2D eigenvalue weighted by molar-refractivity contribution is 9.10. The van der Waals surface area contributed by atoms with Crippen LogP contribution in [-0.2, 0) is 4.79 Å². The van der Waals surface area contributed by atoms with Gasteiger partial charge >= 0.3 is 0 Å². The average Bonchev–Trinajstić information content (AvgIpc) is 2.41. The van der Waals surface area contributed by atoms with Gasteiger partial charge in [-0.15, -0.1) is 0 Å². The summed E-state index contributed by atoms with van der Waals surface area (Å²) in [6.45, 7) is 3.87. The van der Waals surface area contributed by atoms with Crippen LogP contribution in [0.1, 0.15) is 20.3 Å². The van der Waals surface area contributed by atoms with Gasteiger partial charge in [0, 0.05) is 16.7 Å². The van der Waals surface area contributed by atoms with Crippen molar-refractivity contribution in [2.75, 3.05) is 5.32 Å². The standard InChI is InChI=1S/C14H16BrN3O/c1-3-10(2)18-14(19)11(8-16)9-17-13-7-5-4-6-12(13)15/h4-7,9-10,17H,3H2,1-2H3,(H,18,19)/b11-9-. The molecule has 1 rings (SSSR count). The van der Waals surface area contributed by atoms with Crippen molar-refractivity contribution >= 4 is 27.5 Å². The molecule has 19 heavy (non-hydrogen) atoms. The van der Waals surface area contributed by atoms with E-state index in [0.717, 1.165) is 16.6 Å². The van der Waals surface area contributed by atoms with E-state index in [1.54, 1.807) is 0 Å². The van der Waals surface area contributed by atoms with Crippen molar-refractivity contribution in [3.63, 3.8) is 0 Å². The third-order valence-corrected chi connectivity index (χ3v) is 3.29. The second-order valence-electron chi connectivity index (χ2n) is 4.08. The molecule has 1 aromatic rings. The second kappa shape index (κ2) is 7.59. The summed E-state index contributed by atoms with van der Waals surface area (Å²) in [5.41, 5.74) is 0.850. The van der Waals surface area contributed by atoms with E-state index in [4.69, 9.17) is 5.26 Å².